The van der Waals surface area contributed by atoms with Crippen LogP contribution in [0.1, 0.15) is 31.2 Å². The van der Waals surface area contributed by atoms with Crippen molar-refractivity contribution >= 4 is 11.6 Å². The van der Waals surface area contributed by atoms with Crippen LogP contribution in [0.5, 0.6) is 0 Å². The van der Waals surface area contributed by atoms with Gasteiger partial charge in [-0.1, -0.05) is 17.7 Å². The standard InChI is InChI=1S/C17H24ClFN2/c18-16-2-1-3-17(19)15(16)6-9-20-14-7-10-21(11-8-14)12-13-4-5-13/h1-3,13-14,20H,4-12H2. The second-order valence-corrected chi connectivity index (χ2v) is 6.83. The molecule has 2 fully saturated rings. The van der Waals surface area contributed by atoms with E-state index in [0.717, 1.165) is 12.5 Å². The summed E-state index contributed by atoms with van der Waals surface area (Å²) in [6.07, 6.45) is 5.94. The van der Waals surface area contributed by atoms with Gasteiger partial charge in [0.05, 0.1) is 0 Å². The van der Waals surface area contributed by atoms with Crippen molar-refractivity contribution in [2.45, 2.75) is 38.1 Å². The molecule has 1 saturated heterocycles. The number of benzene rings is 1. The van der Waals surface area contributed by atoms with Crippen molar-refractivity contribution < 1.29 is 4.39 Å². The van der Waals surface area contributed by atoms with Crippen LogP contribution >= 0.6 is 11.6 Å². The van der Waals surface area contributed by atoms with Crippen LogP contribution in [0.4, 0.5) is 4.39 Å². The van der Waals surface area contributed by atoms with E-state index >= 15 is 0 Å². The first kappa shape index (κ1) is 15.3. The lowest BCUT2D eigenvalue weighted by molar-refractivity contribution is 0.191. The second-order valence-electron chi connectivity index (χ2n) is 6.42. The van der Waals surface area contributed by atoms with Crippen LogP contribution in [0.15, 0.2) is 18.2 Å². The zero-order valence-corrected chi connectivity index (χ0v) is 13.2. The van der Waals surface area contributed by atoms with Crippen molar-refractivity contribution in [3.8, 4) is 0 Å². The molecule has 1 N–H and O–H groups in total. The Bertz CT molecular complexity index is 448. The van der Waals surface area contributed by atoms with E-state index in [0.29, 0.717) is 23.0 Å². The van der Waals surface area contributed by atoms with Crippen LogP contribution in [0.25, 0.3) is 0 Å². The van der Waals surface area contributed by atoms with Gasteiger partial charge in [0.1, 0.15) is 5.82 Å². The molecule has 2 nitrogen and oxygen atoms in total. The predicted molar refractivity (Wildman–Crippen MR) is 85.3 cm³/mol. The maximum absolute atomic E-state index is 13.7. The van der Waals surface area contributed by atoms with Gasteiger partial charge in [0.25, 0.3) is 0 Å². The Kier molecular flexibility index (Phi) is 5.15. The van der Waals surface area contributed by atoms with E-state index in [1.54, 1.807) is 12.1 Å². The molecule has 0 aromatic heterocycles. The Morgan fingerprint density at radius 3 is 2.62 bits per heavy atom. The van der Waals surface area contributed by atoms with E-state index < -0.39 is 0 Å². The molecular weight excluding hydrogens is 287 g/mol. The molecule has 0 unspecified atom stereocenters. The quantitative estimate of drug-likeness (QED) is 0.865. The van der Waals surface area contributed by atoms with Crippen molar-refractivity contribution in [1.29, 1.82) is 0 Å². The van der Waals surface area contributed by atoms with Crippen LogP contribution in [0, 0.1) is 11.7 Å². The van der Waals surface area contributed by atoms with Crippen molar-refractivity contribution in [3.63, 3.8) is 0 Å². The van der Waals surface area contributed by atoms with E-state index in [2.05, 4.69) is 10.2 Å². The molecule has 0 atom stereocenters. The number of likely N-dealkylation sites (tertiary alicyclic amines) is 1. The summed E-state index contributed by atoms with van der Waals surface area (Å²) in [5.41, 5.74) is 0.637. The van der Waals surface area contributed by atoms with Crippen molar-refractivity contribution in [1.82, 2.24) is 10.2 Å². The second kappa shape index (κ2) is 7.08. The minimum atomic E-state index is -0.191. The molecule has 116 valence electrons. The molecule has 0 amide bonds. The molecule has 1 aliphatic heterocycles. The van der Waals surface area contributed by atoms with Crippen LogP contribution in [-0.2, 0) is 6.42 Å². The lowest BCUT2D eigenvalue weighted by Gasteiger charge is -2.32. The maximum Gasteiger partial charge on any atom is 0.127 e. The Morgan fingerprint density at radius 2 is 1.95 bits per heavy atom. The normalized spacial score (nSPS) is 20.9. The summed E-state index contributed by atoms with van der Waals surface area (Å²) < 4.78 is 13.7. The van der Waals surface area contributed by atoms with Gasteiger partial charge >= 0.3 is 0 Å². The third-order valence-electron chi connectivity index (χ3n) is 4.67. The molecule has 1 aromatic carbocycles. The fraction of sp³-hybridized carbons (Fsp3) is 0.647. The smallest absolute Gasteiger partial charge is 0.127 e. The van der Waals surface area contributed by atoms with Gasteiger partial charge < -0.3 is 10.2 Å². The van der Waals surface area contributed by atoms with E-state index in [1.807, 2.05) is 0 Å². The molecule has 1 heterocycles. The summed E-state index contributed by atoms with van der Waals surface area (Å²) >= 11 is 6.05. The summed E-state index contributed by atoms with van der Waals surface area (Å²) in [4.78, 5) is 2.60. The zero-order valence-electron chi connectivity index (χ0n) is 12.5. The number of hydrogen-bond acceptors (Lipinski definition) is 2. The summed E-state index contributed by atoms with van der Waals surface area (Å²) in [7, 11) is 0. The lowest BCUT2D eigenvalue weighted by Crippen LogP contribution is -2.43. The third kappa shape index (κ3) is 4.41. The van der Waals surface area contributed by atoms with Crippen LogP contribution < -0.4 is 5.32 Å². The van der Waals surface area contributed by atoms with E-state index in [4.69, 9.17) is 11.6 Å². The predicted octanol–water partition coefficient (Wildman–Crippen LogP) is 3.49. The van der Waals surface area contributed by atoms with Crippen LogP contribution in [0.3, 0.4) is 0 Å². The van der Waals surface area contributed by atoms with Gasteiger partial charge in [0.2, 0.25) is 0 Å². The molecule has 4 heteroatoms. The zero-order chi connectivity index (χ0) is 14.7. The summed E-state index contributed by atoms with van der Waals surface area (Å²) in [6.45, 7) is 4.51. The monoisotopic (exact) mass is 310 g/mol. The first-order valence-electron chi connectivity index (χ1n) is 8.11. The largest absolute Gasteiger partial charge is 0.314 e. The molecule has 1 saturated carbocycles. The van der Waals surface area contributed by atoms with Crippen LogP contribution in [-0.4, -0.2) is 37.1 Å². The van der Waals surface area contributed by atoms with Gasteiger partial charge in [-0.15, -0.1) is 0 Å². The summed E-state index contributed by atoms with van der Waals surface area (Å²) in [5, 5.41) is 4.10. The molecule has 0 bridgehead atoms. The highest BCUT2D eigenvalue weighted by Crippen LogP contribution is 2.30. The molecule has 0 spiro atoms. The lowest BCUT2D eigenvalue weighted by atomic mass is 10.0. The average molecular weight is 311 g/mol. The molecule has 3 rings (SSSR count). The molecule has 2 aliphatic rings. The molecule has 0 radical (unpaired) electrons. The summed E-state index contributed by atoms with van der Waals surface area (Å²) in [5.74, 6) is 0.793. The van der Waals surface area contributed by atoms with E-state index in [-0.39, 0.29) is 5.82 Å². The number of nitrogens with zero attached hydrogens (tertiary/aromatic N) is 1. The number of hydrogen-bond donors (Lipinski definition) is 1. The molecule has 21 heavy (non-hydrogen) atoms. The Hall–Kier alpha value is -0.640. The Balaban J connectivity index is 1.38. The highest BCUT2D eigenvalue weighted by Gasteiger charge is 2.26. The van der Waals surface area contributed by atoms with Crippen molar-refractivity contribution in [3.05, 3.63) is 34.6 Å². The Labute approximate surface area is 131 Å². The first-order valence-corrected chi connectivity index (χ1v) is 8.49. The van der Waals surface area contributed by atoms with Gasteiger partial charge in [-0.05, 0) is 69.8 Å². The molecule has 1 aromatic rings. The number of halogens is 2. The highest BCUT2D eigenvalue weighted by atomic mass is 35.5. The van der Waals surface area contributed by atoms with Gasteiger partial charge in [-0.2, -0.15) is 0 Å². The van der Waals surface area contributed by atoms with Gasteiger partial charge in [0, 0.05) is 23.2 Å². The van der Waals surface area contributed by atoms with Gasteiger partial charge in [-0.25, -0.2) is 4.39 Å². The number of nitrogens with one attached hydrogen (secondary N) is 1. The van der Waals surface area contributed by atoms with Gasteiger partial charge in [0.15, 0.2) is 0 Å². The van der Waals surface area contributed by atoms with Gasteiger partial charge in [-0.3, -0.25) is 0 Å². The first-order chi connectivity index (χ1) is 10.2. The van der Waals surface area contributed by atoms with E-state index in [1.165, 1.54) is 51.4 Å². The molecular formula is C17H24ClFN2. The number of piperidine rings is 1. The topological polar surface area (TPSA) is 15.3 Å². The highest BCUT2D eigenvalue weighted by molar-refractivity contribution is 6.31. The maximum atomic E-state index is 13.7. The fourth-order valence-corrected chi connectivity index (χ4v) is 3.42. The van der Waals surface area contributed by atoms with E-state index in [9.17, 15) is 4.39 Å². The third-order valence-corrected chi connectivity index (χ3v) is 5.02. The average Bonchev–Trinajstić information content (AvgIpc) is 3.28. The van der Waals surface area contributed by atoms with Crippen molar-refractivity contribution in [2.75, 3.05) is 26.2 Å². The fourth-order valence-electron chi connectivity index (χ4n) is 3.16. The minimum absolute atomic E-state index is 0.191. The Morgan fingerprint density at radius 1 is 1.19 bits per heavy atom. The SMILES string of the molecule is Fc1cccc(Cl)c1CCNC1CCN(CC2CC2)CC1. The minimum Gasteiger partial charge on any atom is -0.314 e. The summed E-state index contributed by atoms with van der Waals surface area (Å²) in [6, 6.07) is 5.48. The van der Waals surface area contributed by atoms with Crippen molar-refractivity contribution in [2.24, 2.45) is 5.92 Å². The molecule has 1 aliphatic carbocycles. The number of rotatable bonds is 6. The van der Waals surface area contributed by atoms with Crippen LogP contribution in [0.2, 0.25) is 5.02 Å².